The number of halogens is 1. The number of hydrogen-bond acceptors (Lipinski definition) is 3. The molecule has 20 heavy (non-hydrogen) atoms. The third-order valence-corrected chi connectivity index (χ3v) is 3.00. The number of aliphatic hydroxyl groups is 1. The highest BCUT2D eigenvalue weighted by molar-refractivity contribution is 5.85. The van der Waals surface area contributed by atoms with Crippen molar-refractivity contribution < 1.29 is 9.84 Å². The van der Waals surface area contributed by atoms with E-state index in [0.29, 0.717) is 13.0 Å². The maximum atomic E-state index is 8.98. The minimum Gasteiger partial charge on any atom is -0.489 e. The van der Waals surface area contributed by atoms with Crippen LogP contribution in [0.15, 0.2) is 54.6 Å². The van der Waals surface area contributed by atoms with Gasteiger partial charge in [-0.2, -0.15) is 0 Å². The van der Waals surface area contributed by atoms with Gasteiger partial charge in [0.25, 0.3) is 0 Å². The Hall–Kier alpha value is -1.55. The van der Waals surface area contributed by atoms with Crippen molar-refractivity contribution in [2.45, 2.75) is 19.1 Å². The summed E-state index contributed by atoms with van der Waals surface area (Å²) in [7, 11) is 0. The first-order valence-corrected chi connectivity index (χ1v) is 6.43. The topological polar surface area (TPSA) is 55.5 Å². The van der Waals surface area contributed by atoms with Crippen molar-refractivity contribution >= 4 is 12.4 Å². The summed E-state index contributed by atoms with van der Waals surface area (Å²) in [5.41, 5.74) is 8.09. The van der Waals surface area contributed by atoms with Crippen LogP contribution in [0.1, 0.15) is 23.6 Å². The van der Waals surface area contributed by atoms with Crippen LogP contribution in [0.4, 0.5) is 0 Å². The zero-order valence-electron chi connectivity index (χ0n) is 11.2. The van der Waals surface area contributed by atoms with Gasteiger partial charge in [-0.25, -0.2) is 0 Å². The van der Waals surface area contributed by atoms with Crippen molar-refractivity contribution in [1.82, 2.24) is 0 Å². The van der Waals surface area contributed by atoms with E-state index < -0.39 is 0 Å². The Kier molecular flexibility index (Phi) is 7.09. The van der Waals surface area contributed by atoms with E-state index in [1.807, 2.05) is 54.6 Å². The van der Waals surface area contributed by atoms with Crippen molar-refractivity contribution in [3.05, 3.63) is 65.7 Å². The van der Waals surface area contributed by atoms with Crippen molar-refractivity contribution in [3.8, 4) is 5.75 Å². The van der Waals surface area contributed by atoms with Gasteiger partial charge in [-0.15, -0.1) is 12.4 Å². The molecule has 0 aromatic heterocycles. The van der Waals surface area contributed by atoms with Gasteiger partial charge in [0.05, 0.1) is 0 Å². The Bertz CT molecular complexity index is 505. The van der Waals surface area contributed by atoms with Crippen molar-refractivity contribution in [2.75, 3.05) is 6.61 Å². The molecule has 0 aliphatic carbocycles. The molecule has 0 aliphatic rings. The fraction of sp³-hybridized carbons (Fsp3) is 0.250. The molecule has 0 amide bonds. The molecular weight excluding hydrogens is 274 g/mol. The monoisotopic (exact) mass is 293 g/mol. The lowest BCUT2D eigenvalue weighted by Gasteiger charge is -2.16. The number of ether oxygens (including phenoxy) is 1. The molecule has 0 heterocycles. The summed E-state index contributed by atoms with van der Waals surface area (Å²) in [5.74, 6) is 0.785. The summed E-state index contributed by atoms with van der Waals surface area (Å²) >= 11 is 0. The molecule has 2 rings (SSSR count). The first kappa shape index (κ1) is 16.5. The second-order valence-corrected chi connectivity index (χ2v) is 4.43. The molecule has 0 saturated carbocycles. The second-order valence-electron chi connectivity index (χ2n) is 4.43. The zero-order chi connectivity index (χ0) is 13.5. The molecular formula is C16H20ClNO2. The van der Waals surface area contributed by atoms with Gasteiger partial charge in [-0.3, -0.25) is 0 Å². The first-order valence-electron chi connectivity index (χ1n) is 6.43. The van der Waals surface area contributed by atoms with Crippen LogP contribution in [0.2, 0.25) is 0 Å². The fourth-order valence-corrected chi connectivity index (χ4v) is 1.95. The standard InChI is InChI=1S/C16H19NO2.ClH/c17-15(10-11-18)14-8-4-5-9-16(14)19-12-13-6-2-1-3-7-13;/h1-9,15,18H,10-12,17H2;1H/t15-;/m1./s1. The van der Waals surface area contributed by atoms with Gasteiger partial charge in [-0.1, -0.05) is 48.5 Å². The van der Waals surface area contributed by atoms with Crippen LogP contribution in [0.5, 0.6) is 5.75 Å². The Balaban J connectivity index is 0.00000200. The molecule has 0 fully saturated rings. The predicted octanol–water partition coefficient (Wildman–Crippen LogP) is 3.07. The summed E-state index contributed by atoms with van der Waals surface area (Å²) in [6.07, 6.45) is 0.533. The number of nitrogens with two attached hydrogens (primary N) is 1. The van der Waals surface area contributed by atoms with E-state index in [1.54, 1.807) is 0 Å². The van der Waals surface area contributed by atoms with E-state index in [0.717, 1.165) is 16.9 Å². The van der Waals surface area contributed by atoms with Gasteiger partial charge in [-0.05, 0) is 18.1 Å². The van der Waals surface area contributed by atoms with Gasteiger partial charge in [0.1, 0.15) is 12.4 Å². The summed E-state index contributed by atoms with van der Waals surface area (Å²) in [4.78, 5) is 0. The summed E-state index contributed by atoms with van der Waals surface area (Å²) in [5, 5.41) is 8.98. The van der Waals surface area contributed by atoms with E-state index in [-0.39, 0.29) is 25.1 Å². The largest absolute Gasteiger partial charge is 0.489 e. The Morgan fingerprint density at radius 3 is 2.35 bits per heavy atom. The molecule has 3 nitrogen and oxygen atoms in total. The summed E-state index contributed by atoms with van der Waals surface area (Å²) in [6.45, 7) is 0.595. The van der Waals surface area contributed by atoms with E-state index in [4.69, 9.17) is 15.6 Å². The third kappa shape index (κ3) is 4.53. The number of benzene rings is 2. The lowest BCUT2D eigenvalue weighted by molar-refractivity contribution is 0.270. The number of para-hydroxylation sites is 1. The van der Waals surface area contributed by atoms with Gasteiger partial charge < -0.3 is 15.6 Å². The first-order chi connectivity index (χ1) is 9.31. The molecule has 0 radical (unpaired) electrons. The molecule has 4 heteroatoms. The van der Waals surface area contributed by atoms with Crippen LogP contribution in [-0.2, 0) is 6.61 Å². The smallest absolute Gasteiger partial charge is 0.124 e. The highest BCUT2D eigenvalue weighted by Crippen LogP contribution is 2.26. The minimum atomic E-state index is -0.197. The average molecular weight is 294 g/mol. The van der Waals surface area contributed by atoms with Crippen LogP contribution >= 0.6 is 12.4 Å². The van der Waals surface area contributed by atoms with E-state index in [1.165, 1.54) is 0 Å². The zero-order valence-corrected chi connectivity index (χ0v) is 12.1. The van der Waals surface area contributed by atoms with Gasteiger partial charge >= 0.3 is 0 Å². The van der Waals surface area contributed by atoms with Gasteiger partial charge in [0.2, 0.25) is 0 Å². The fourth-order valence-electron chi connectivity index (χ4n) is 1.95. The Morgan fingerprint density at radius 1 is 1.00 bits per heavy atom. The third-order valence-electron chi connectivity index (χ3n) is 3.00. The Labute approximate surface area is 125 Å². The van der Waals surface area contributed by atoms with Gasteiger partial charge in [0, 0.05) is 18.2 Å². The maximum absolute atomic E-state index is 8.98. The minimum absolute atomic E-state index is 0. The molecule has 0 saturated heterocycles. The van der Waals surface area contributed by atoms with Crippen molar-refractivity contribution in [2.24, 2.45) is 5.73 Å². The number of hydrogen-bond donors (Lipinski definition) is 2. The lowest BCUT2D eigenvalue weighted by Crippen LogP contribution is -2.13. The van der Waals surface area contributed by atoms with Crippen molar-refractivity contribution in [1.29, 1.82) is 0 Å². The van der Waals surface area contributed by atoms with Crippen LogP contribution in [0.25, 0.3) is 0 Å². The molecule has 0 aliphatic heterocycles. The van der Waals surface area contributed by atoms with Crippen LogP contribution in [0.3, 0.4) is 0 Å². The highest BCUT2D eigenvalue weighted by atomic mass is 35.5. The molecule has 2 aromatic carbocycles. The summed E-state index contributed by atoms with van der Waals surface area (Å²) < 4.78 is 5.83. The highest BCUT2D eigenvalue weighted by Gasteiger charge is 2.11. The average Bonchev–Trinajstić information content (AvgIpc) is 2.47. The number of rotatable bonds is 6. The Morgan fingerprint density at radius 2 is 1.65 bits per heavy atom. The quantitative estimate of drug-likeness (QED) is 0.860. The maximum Gasteiger partial charge on any atom is 0.124 e. The molecule has 1 atom stereocenters. The van der Waals surface area contributed by atoms with Crippen LogP contribution in [0, 0.1) is 0 Å². The normalized spacial score (nSPS) is 11.5. The predicted molar refractivity (Wildman–Crippen MR) is 83.1 cm³/mol. The molecule has 108 valence electrons. The van der Waals surface area contributed by atoms with Crippen LogP contribution in [-0.4, -0.2) is 11.7 Å². The molecule has 0 bridgehead atoms. The van der Waals surface area contributed by atoms with E-state index in [2.05, 4.69) is 0 Å². The van der Waals surface area contributed by atoms with Crippen LogP contribution < -0.4 is 10.5 Å². The number of aliphatic hydroxyl groups excluding tert-OH is 1. The molecule has 0 unspecified atom stereocenters. The lowest BCUT2D eigenvalue weighted by atomic mass is 10.0. The SMILES string of the molecule is Cl.N[C@H](CCO)c1ccccc1OCc1ccccc1. The van der Waals surface area contributed by atoms with Crippen molar-refractivity contribution in [3.63, 3.8) is 0 Å². The molecule has 0 spiro atoms. The molecule has 3 N–H and O–H groups in total. The second kappa shape index (κ2) is 8.59. The summed E-state index contributed by atoms with van der Waals surface area (Å²) in [6, 6.07) is 17.5. The van der Waals surface area contributed by atoms with Gasteiger partial charge in [0.15, 0.2) is 0 Å². The van der Waals surface area contributed by atoms with E-state index >= 15 is 0 Å². The molecule has 2 aromatic rings. The van der Waals surface area contributed by atoms with E-state index in [9.17, 15) is 0 Å².